The number of rotatable bonds is 7. The van der Waals surface area contributed by atoms with Crippen LogP contribution in [0.5, 0.6) is 0 Å². The first kappa shape index (κ1) is 13.9. The summed E-state index contributed by atoms with van der Waals surface area (Å²) in [5.41, 5.74) is 0. The quantitative estimate of drug-likeness (QED) is 0.456. The van der Waals surface area contributed by atoms with Gasteiger partial charge in [0.2, 0.25) is 15.3 Å². The molecule has 0 aromatic carbocycles. The highest BCUT2D eigenvalue weighted by Crippen LogP contribution is 2.07. The van der Waals surface area contributed by atoms with Gasteiger partial charge in [0.1, 0.15) is 4.90 Å². The maximum atomic E-state index is 11.7. The van der Waals surface area contributed by atoms with E-state index in [1.54, 1.807) is 0 Å². The molecule has 0 amide bonds. The van der Waals surface area contributed by atoms with E-state index in [2.05, 4.69) is 21.3 Å². The maximum Gasteiger partial charge on any atom is 0.243 e. The first-order valence-corrected chi connectivity index (χ1v) is 6.62. The molecule has 0 radical (unpaired) electrons. The SMILES string of the molecule is C=COCCCNS(=O)(=O)c1cnc(Cl)nc1. The van der Waals surface area contributed by atoms with E-state index >= 15 is 0 Å². The Hall–Kier alpha value is -1.18. The number of hydrogen-bond acceptors (Lipinski definition) is 5. The summed E-state index contributed by atoms with van der Waals surface area (Å²) in [6.45, 7) is 4.04. The van der Waals surface area contributed by atoms with Crippen LogP contribution < -0.4 is 4.72 Å². The van der Waals surface area contributed by atoms with Crippen molar-refractivity contribution in [2.75, 3.05) is 13.2 Å². The maximum absolute atomic E-state index is 11.7. The fourth-order valence-corrected chi connectivity index (χ4v) is 2.03. The number of sulfonamides is 1. The Morgan fingerprint density at radius 1 is 1.47 bits per heavy atom. The third kappa shape index (κ3) is 4.68. The molecular weight excluding hydrogens is 266 g/mol. The Bertz CT molecular complexity index is 461. The van der Waals surface area contributed by atoms with Gasteiger partial charge in [-0.2, -0.15) is 0 Å². The minimum absolute atomic E-state index is 0.00309. The van der Waals surface area contributed by atoms with Crippen LogP contribution in [0, 0.1) is 0 Å². The number of hydrogen-bond donors (Lipinski definition) is 1. The molecule has 1 rings (SSSR count). The zero-order valence-electron chi connectivity index (χ0n) is 8.97. The van der Waals surface area contributed by atoms with Gasteiger partial charge in [0.25, 0.3) is 0 Å². The van der Waals surface area contributed by atoms with Gasteiger partial charge >= 0.3 is 0 Å². The van der Waals surface area contributed by atoms with Crippen LogP contribution in [0.1, 0.15) is 6.42 Å². The topological polar surface area (TPSA) is 81.2 Å². The van der Waals surface area contributed by atoms with E-state index in [1.807, 2.05) is 0 Å². The van der Waals surface area contributed by atoms with Crippen LogP contribution in [0.3, 0.4) is 0 Å². The molecule has 0 fully saturated rings. The van der Waals surface area contributed by atoms with E-state index in [1.165, 1.54) is 6.26 Å². The summed E-state index contributed by atoms with van der Waals surface area (Å²) in [5.74, 6) is 0. The minimum atomic E-state index is -3.58. The Balaban J connectivity index is 2.51. The average molecular weight is 278 g/mol. The first-order chi connectivity index (χ1) is 8.06. The molecular formula is C9H12ClN3O3S. The molecule has 1 N–H and O–H groups in total. The third-order valence-corrected chi connectivity index (χ3v) is 3.37. The van der Waals surface area contributed by atoms with E-state index in [0.717, 1.165) is 12.4 Å². The predicted molar refractivity (Wildman–Crippen MR) is 63.0 cm³/mol. The Morgan fingerprint density at radius 2 is 2.12 bits per heavy atom. The zero-order chi connectivity index (χ0) is 12.7. The van der Waals surface area contributed by atoms with E-state index in [4.69, 9.17) is 16.3 Å². The van der Waals surface area contributed by atoms with E-state index in [0.29, 0.717) is 13.0 Å². The Kier molecular flexibility index (Phi) is 5.33. The molecule has 0 aliphatic carbocycles. The molecule has 17 heavy (non-hydrogen) atoms. The summed E-state index contributed by atoms with van der Waals surface area (Å²) < 4.78 is 30.6. The van der Waals surface area contributed by atoms with Crippen LogP contribution in [0.25, 0.3) is 0 Å². The normalized spacial score (nSPS) is 11.1. The van der Waals surface area contributed by atoms with E-state index in [-0.39, 0.29) is 16.7 Å². The largest absolute Gasteiger partial charge is 0.502 e. The summed E-state index contributed by atoms with van der Waals surface area (Å²) in [6.07, 6.45) is 4.15. The highest BCUT2D eigenvalue weighted by Gasteiger charge is 2.13. The van der Waals surface area contributed by atoms with Crippen molar-refractivity contribution in [3.05, 3.63) is 30.5 Å². The van der Waals surface area contributed by atoms with Crippen molar-refractivity contribution < 1.29 is 13.2 Å². The van der Waals surface area contributed by atoms with Crippen LogP contribution in [0.2, 0.25) is 5.28 Å². The fourth-order valence-electron chi connectivity index (χ4n) is 0.968. The lowest BCUT2D eigenvalue weighted by molar-refractivity contribution is 0.247. The Labute approximate surface area is 105 Å². The standard InChI is InChI=1S/C9H12ClN3O3S/c1-2-16-5-3-4-13-17(14,15)8-6-11-9(10)12-7-8/h2,6-7,13H,1,3-5H2. The van der Waals surface area contributed by atoms with Gasteiger partial charge in [-0.15, -0.1) is 0 Å². The van der Waals surface area contributed by atoms with Crippen molar-refractivity contribution in [3.63, 3.8) is 0 Å². The molecule has 0 aliphatic heterocycles. The van der Waals surface area contributed by atoms with Crippen LogP contribution in [0.15, 0.2) is 30.1 Å². The number of ether oxygens (including phenoxy) is 1. The summed E-state index contributed by atoms with van der Waals surface area (Å²) in [5, 5.41) is 0.00309. The lowest BCUT2D eigenvalue weighted by atomic mass is 10.5. The Morgan fingerprint density at radius 3 is 2.71 bits per heavy atom. The second-order valence-corrected chi connectivity index (χ2v) is 5.08. The zero-order valence-corrected chi connectivity index (χ0v) is 10.5. The second-order valence-electron chi connectivity index (χ2n) is 2.98. The van der Waals surface area contributed by atoms with Gasteiger partial charge in [0, 0.05) is 6.54 Å². The fraction of sp³-hybridized carbons (Fsp3) is 0.333. The minimum Gasteiger partial charge on any atom is -0.502 e. The summed E-state index contributed by atoms with van der Waals surface area (Å²) in [4.78, 5) is 7.18. The van der Waals surface area contributed by atoms with Gasteiger partial charge in [-0.25, -0.2) is 23.1 Å². The van der Waals surface area contributed by atoms with Crippen molar-refractivity contribution in [1.29, 1.82) is 0 Å². The van der Waals surface area contributed by atoms with E-state index < -0.39 is 10.0 Å². The first-order valence-electron chi connectivity index (χ1n) is 4.76. The van der Waals surface area contributed by atoms with Gasteiger partial charge in [0.15, 0.2) is 0 Å². The van der Waals surface area contributed by atoms with Crippen LogP contribution >= 0.6 is 11.6 Å². The average Bonchev–Trinajstić information content (AvgIpc) is 2.29. The predicted octanol–water partition coefficient (Wildman–Crippen LogP) is 0.958. The third-order valence-electron chi connectivity index (χ3n) is 1.76. The molecule has 6 nitrogen and oxygen atoms in total. The molecule has 1 aromatic heterocycles. The van der Waals surface area contributed by atoms with Crippen LogP contribution in [-0.4, -0.2) is 31.5 Å². The summed E-state index contributed by atoms with van der Waals surface area (Å²) in [7, 11) is -3.58. The number of nitrogens with one attached hydrogen (secondary N) is 1. The molecule has 0 saturated carbocycles. The van der Waals surface area contributed by atoms with Gasteiger partial charge in [-0.05, 0) is 18.0 Å². The van der Waals surface area contributed by atoms with Crippen LogP contribution in [-0.2, 0) is 14.8 Å². The summed E-state index contributed by atoms with van der Waals surface area (Å²) >= 11 is 5.46. The van der Waals surface area contributed by atoms with E-state index in [9.17, 15) is 8.42 Å². The van der Waals surface area contributed by atoms with Crippen molar-refractivity contribution in [2.24, 2.45) is 0 Å². The number of halogens is 1. The second kappa shape index (κ2) is 6.53. The molecule has 8 heteroatoms. The molecule has 0 spiro atoms. The van der Waals surface area contributed by atoms with Gasteiger partial charge in [-0.3, -0.25) is 0 Å². The highest BCUT2D eigenvalue weighted by molar-refractivity contribution is 7.89. The lowest BCUT2D eigenvalue weighted by Crippen LogP contribution is -2.25. The molecule has 0 saturated heterocycles. The van der Waals surface area contributed by atoms with Crippen molar-refractivity contribution in [1.82, 2.24) is 14.7 Å². The highest BCUT2D eigenvalue weighted by atomic mass is 35.5. The van der Waals surface area contributed by atoms with Crippen molar-refractivity contribution >= 4 is 21.6 Å². The number of nitrogens with zero attached hydrogens (tertiary/aromatic N) is 2. The molecule has 1 aromatic rings. The van der Waals surface area contributed by atoms with Gasteiger partial charge in [-0.1, -0.05) is 6.58 Å². The summed E-state index contributed by atoms with van der Waals surface area (Å²) in [6, 6.07) is 0. The molecule has 94 valence electrons. The molecule has 0 aliphatic rings. The lowest BCUT2D eigenvalue weighted by Gasteiger charge is -2.05. The molecule has 1 heterocycles. The number of aromatic nitrogens is 2. The van der Waals surface area contributed by atoms with Gasteiger partial charge in [0.05, 0.1) is 25.3 Å². The molecule has 0 atom stereocenters. The van der Waals surface area contributed by atoms with Crippen molar-refractivity contribution in [2.45, 2.75) is 11.3 Å². The van der Waals surface area contributed by atoms with Crippen LogP contribution in [0.4, 0.5) is 0 Å². The van der Waals surface area contributed by atoms with Crippen molar-refractivity contribution in [3.8, 4) is 0 Å². The monoisotopic (exact) mass is 277 g/mol. The molecule has 0 unspecified atom stereocenters. The van der Waals surface area contributed by atoms with Gasteiger partial charge < -0.3 is 4.74 Å². The molecule has 0 bridgehead atoms. The smallest absolute Gasteiger partial charge is 0.243 e.